The fraction of sp³-hybridized carbons (Fsp3) is 0.533. The van der Waals surface area contributed by atoms with Gasteiger partial charge in [0.15, 0.2) is 0 Å². The van der Waals surface area contributed by atoms with Crippen molar-refractivity contribution in [1.82, 2.24) is 9.78 Å². The molecule has 2 rings (SSSR count). The lowest BCUT2D eigenvalue weighted by molar-refractivity contribution is 0.0814. The number of fused-ring (bicyclic) bond motifs is 1. The number of nitrogens with zero attached hydrogens (tertiary/aromatic N) is 2. The predicted octanol–water partition coefficient (Wildman–Crippen LogP) is 4.73. The van der Waals surface area contributed by atoms with Crippen LogP contribution in [0.5, 0.6) is 0 Å². The van der Waals surface area contributed by atoms with Gasteiger partial charge in [-0.05, 0) is 37.6 Å². The van der Waals surface area contributed by atoms with E-state index in [0.29, 0.717) is 6.73 Å². The molecule has 20 heavy (non-hydrogen) atoms. The molecule has 1 aromatic carbocycles. The van der Waals surface area contributed by atoms with Crippen molar-refractivity contribution in [1.29, 1.82) is 0 Å². The average molecular weight is 355 g/mol. The zero-order valence-corrected chi connectivity index (χ0v) is 15.5. The summed E-state index contributed by atoms with van der Waals surface area (Å²) in [5, 5.41) is 5.81. The van der Waals surface area contributed by atoms with Gasteiger partial charge in [0.25, 0.3) is 0 Å². The third-order valence-corrected chi connectivity index (χ3v) is 5.56. The molecule has 0 saturated heterocycles. The average Bonchev–Trinajstić information content (AvgIpc) is 2.61. The molecular weight excluding hydrogens is 332 g/mol. The van der Waals surface area contributed by atoms with Crippen LogP contribution in [0.3, 0.4) is 0 Å². The van der Waals surface area contributed by atoms with Crippen molar-refractivity contribution < 1.29 is 4.74 Å². The van der Waals surface area contributed by atoms with Gasteiger partial charge < -0.3 is 4.74 Å². The molecule has 0 aliphatic rings. The number of rotatable bonds is 5. The number of aryl methyl sites for hydroxylation is 2. The molecule has 0 radical (unpaired) electrons. The molecular formula is C15H23BrN2OSi. The third kappa shape index (κ3) is 3.71. The van der Waals surface area contributed by atoms with Crippen molar-refractivity contribution in [3.8, 4) is 0 Å². The fourth-order valence-corrected chi connectivity index (χ4v) is 3.59. The minimum atomic E-state index is -1.02. The predicted molar refractivity (Wildman–Crippen MR) is 91.0 cm³/mol. The first-order valence-corrected chi connectivity index (χ1v) is 11.5. The monoisotopic (exact) mass is 354 g/mol. The van der Waals surface area contributed by atoms with Crippen LogP contribution in [0.2, 0.25) is 25.7 Å². The second kappa shape index (κ2) is 5.99. The van der Waals surface area contributed by atoms with Gasteiger partial charge in [-0.25, -0.2) is 4.68 Å². The number of aromatic nitrogens is 2. The summed E-state index contributed by atoms with van der Waals surface area (Å²) in [6, 6.07) is 5.45. The molecule has 0 spiro atoms. The molecule has 0 aliphatic heterocycles. The number of halogens is 1. The summed E-state index contributed by atoms with van der Waals surface area (Å²) in [5.74, 6) is 0. The van der Waals surface area contributed by atoms with Gasteiger partial charge in [0.2, 0.25) is 0 Å². The maximum Gasteiger partial charge on any atom is 0.140 e. The zero-order valence-electron chi connectivity index (χ0n) is 13.0. The number of benzene rings is 1. The van der Waals surface area contributed by atoms with Crippen molar-refractivity contribution in [2.24, 2.45) is 0 Å². The molecule has 110 valence electrons. The Morgan fingerprint density at radius 1 is 1.25 bits per heavy atom. The highest BCUT2D eigenvalue weighted by Gasteiger charge is 2.13. The standard InChI is InChI=1S/C15H23BrN2OSi/c1-11-8-13(16)9-14-12(2)17-18(15(11)14)10-19-6-7-20(3,4)5/h8-9H,6-7,10H2,1-5H3. The normalized spacial score (nSPS) is 12.3. The quantitative estimate of drug-likeness (QED) is 0.573. The Morgan fingerprint density at radius 3 is 2.60 bits per heavy atom. The topological polar surface area (TPSA) is 27.1 Å². The minimum absolute atomic E-state index is 0.539. The van der Waals surface area contributed by atoms with Crippen molar-refractivity contribution in [3.63, 3.8) is 0 Å². The van der Waals surface area contributed by atoms with E-state index >= 15 is 0 Å². The van der Waals surface area contributed by atoms with Crippen LogP contribution in [-0.2, 0) is 11.5 Å². The Kier molecular flexibility index (Phi) is 4.72. The van der Waals surface area contributed by atoms with E-state index in [1.165, 1.54) is 22.5 Å². The molecule has 0 N–H and O–H groups in total. The van der Waals surface area contributed by atoms with Crippen LogP contribution in [0.15, 0.2) is 16.6 Å². The van der Waals surface area contributed by atoms with E-state index in [9.17, 15) is 0 Å². The Morgan fingerprint density at radius 2 is 1.95 bits per heavy atom. The first kappa shape index (κ1) is 15.7. The fourth-order valence-electron chi connectivity index (χ4n) is 2.26. The third-order valence-electron chi connectivity index (χ3n) is 3.39. The van der Waals surface area contributed by atoms with Crippen LogP contribution in [-0.4, -0.2) is 24.5 Å². The van der Waals surface area contributed by atoms with Crippen molar-refractivity contribution in [2.75, 3.05) is 6.61 Å². The van der Waals surface area contributed by atoms with E-state index < -0.39 is 8.07 Å². The maximum absolute atomic E-state index is 5.83. The summed E-state index contributed by atoms with van der Waals surface area (Å²) in [4.78, 5) is 0. The SMILES string of the molecule is Cc1nn(COCC[Si](C)(C)C)c2c(C)cc(Br)cc12. The lowest BCUT2D eigenvalue weighted by atomic mass is 10.1. The molecule has 1 aromatic heterocycles. The van der Waals surface area contributed by atoms with Crippen LogP contribution in [0, 0.1) is 13.8 Å². The van der Waals surface area contributed by atoms with Crippen LogP contribution >= 0.6 is 15.9 Å². The molecule has 0 fully saturated rings. The van der Waals surface area contributed by atoms with Crippen molar-refractivity contribution in [2.45, 2.75) is 46.3 Å². The highest BCUT2D eigenvalue weighted by Crippen LogP contribution is 2.26. The van der Waals surface area contributed by atoms with E-state index in [-0.39, 0.29) is 0 Å². The van der Waals surface area contributed by atoms with Crippen LogP contribution in [0.25, 0.3) is 10.9 Å². The largest absolute Gasteiger partial charge is 0.360 e. The van der Waals surface area contributed by atoms with E-state index in [1.807, 2.05) is 11.6 Å². The maximum atomic E-state index is 5.83. The van der Waals surface area contributed by atoms with Gasteiger partial charge in [0, 0.05) is 24.5 Å². The molecule has 0 aliphatic carbocycles. The van der Waals surface area contributed by atoms with Crippen molar-refractivity contribution in [3.05, 3.63) is 27.9 Å². The highest BCUT2D eigenvalue weighted by molar-refractivity contribution is 9.10. The Labute approximate surface area is 130 Å². The van der Waals surface area contributed by atoms with E-state index in [1.54, 1.807) is 0 Å². The minimum Gasteiger partial charge on any atom is -0.360 e. The lowest BCUT2D eigenvalue weighted by Gasteiger charge is -2.15. The van der Waals surface area contributed by atoms with Crippen LogP contribution < -0.4 is 0 Å². The second-order valence-electron chi connectivity index (χ2n) is 6.55. The Balaban J connectivity index is 2.15. The van der Waals surface area contributed by atoms with Crippen LogP contribution in [0.1, 0.15) is 11.3 Å². The van der Waals surface area contributed by atoms with Gasteiger partial charge in [-0.1, -0.05) is 35.6 Å². The molecule has 0 atom stereocenters. The molecule has 5 heteroatoms. The van der Waals surface area contributed by atoms with Crippen molar-refractivity contribution >= 4 is 34.9 Å². The second-order valence-corrected chi connectivity index (χ2v) is 13.1. The molecule has 1 heterocycles. The first-order chi connectivity index (χ1) is 9.28. The van der Waals surface area contributed by atoms with Gasteiger partial charge in [-0.3, -0.25) is 0 Å². The molecule has 2 aromatic rings. The Bertz CT molecular complexity index is 616. The molecule has 0 amide bonds. The first-order valence-electron chi connectivity index (χ1n) is 6.99. The summed E-state index contributed by atoms with van der Waals surface area (Å²) in [5.41, 5.74) is 3.46. The number of hydrogen-bond donors (Lipinski definition) is 0. The van der Waals surface area contributed by atoms with Gasteiger partial charge in [-0.2, -0.15) is 5.10 Å². The summed E-state index contributed by atoms with van der Waals surface area (Å²) in [6.45, 7) is 12.6. The van der Waals surface area contributed by atoms with Gasteiger partial charge in [-0.15, -0.1) is 0 Å². The summed E-state index contributed by atoms with van der Waals surface area (Å²) >= 11 is 3.55. The Hall–Kier alpha value is -0.653. The lowest BCUT2D eigenvalue weighted by Crippen LogP contribution is -2.22. The van der Waals surface area contributed by atoms with Gasteiger partial charge >= 0.3 is 0 Å². The summed E-state index contributed by atoms with van der Waals surface area (Å²) in [7, 11) is -1.02. The molecule has 3 nitrogen and oxygen atoms in total. The van der Waals surface area contributed by atoms with Crippen LogP contribution in [0.4, 0.5) is 0 Å². The van der Waals surface area contributed by atoms with E-state index in [2.05, 4.69) is 59.7 Å². The molecule has 0 unspecified atom stereocenters. The number of hydrogen-bond acceptors (Lipinski definition) is 2. The summed E-state index contributed by atoms with van der Waals surface area (Å²) in [6.07, 6.45) is 0. The van der Waals surface area contributed by atoms with Gasteiger partial charge in [0.1, 0.15) is 6.73 Å². The van der Waals surface area contributed by atoms with E-state index in [0.717, 1.165) is 16.8 Å². The zero-order chi connectivity index (χ0) is 14.9. The van der Waals surface area contributed by atoms with E-state index in [4.69, 9.17) is 4.74 Å². The smallest absolute Gasteiger partial charge is 0.140 e. The molecule has 0 bridgehead atoms. The summed E-state index contributed by atoms with van der Waals surface area (Å²) < 4.78 is 8.91. The molecule has 0 saturated carbocycles. The number of ether oxygens (including phenoxy) is 1. The van der Waals surface area contributed by atoms with Gasteiger partial charge in [0.05, 0.1) is 11.2 Å². The highest BCUT2D eigenvalue weighted by atomic mass is 79.9.